The molecule has 0 spiro atoms. The first kappa shape index (κ1) is 15.6. The molecule has 3 rings (SSSR count). The molecule has 0 radical (unpaired) electrons. The molecule has 0 N–H and O–H groups in total. The lowest BCUT2D eigenvalue weighted by atomic mass is 10.0. The maximum absolute atomic E-state index is 11.7. The number of hydrogen-bond acceptors (Lipinski definition) is 5. The third-order valence-electron chi connectivity index (χ3n) is 4.29. The molecule has 1 unspecified atom stereocenters. The van der Waals surface area contributed by atoms with Crippen LogP contribution in [-0.2, 0) is 15.5 Å². The molecule has 1 aromatic rings. The van der Waals surface area contributed by atoms with Gasteiger partial charge in [-0.1, -0.05) is 12.8 Å². The van der Waals surface area contributed by atoms with Crippen molar-refractivity contribution in [2.75, 3.05) is 30.9 Å². The van der Waals surface area contributed by atoms with Crippen molar-refractivity contribution in [1.29, 1.82) is 0 Å². The Hall–Kier alpha value is -1.27. The first-order valence-electron chi connectivity index (χ1n) is 7.93. The van der Waals surface area contributed by atoms with Gasteiger partial charge >= 0.3 is 0 Å². The summed E-state index contributed by atoms with van der Waals surface area (Å²) in [6.45, 7) is 4.24. The summed E-state index contributed by atoms with van der Waals surface area (Å²) >= 11 is 0. The fourth-order valence-electron chi connectivity index (χ4n) is 3.23. The lowest BCUT2D eigenvalue weighted by molar-refractivity contribution is 0.170. The first-order chi connectivity index (χ1) is 10.7. The largest absolute Gasteiger partial charge is 0.377 e. The van der Waals surface area contributed by atoms with Gasteiger partial charge in [-0.25, -0.2) is 9.97 Å². The molecule has 0 aromatic carbocycles. The van der Waals surface area contributed by atoms with E-state index in [0.29, 0.717) is 17.8 Å². The fraction of sp³-hybridized carbons (Fsp3) is 0.625. The second-order valence-electron chi connectivity index (χ2n) is 5.89. The summed E-state index contributed by atoms with van der Waals surface area (Å²) in [5.74, 6) is 0.937. The van der Waals surface area contributed by atoms with E-state index in [9.17, 15) is 4.21 Å². The van der Waals surface area contributed by atoms with E-state index < -0.39 is 10.8 Å². The molecule has 5 nitrogen and oxygen atoms in total. The molecule has 1 fully saturated rings. The highest BCUT2D eigenvalue weighted by Gasteiger charge is 2.29. The fourth-order valence-corrected chi connectivity index (χ4v) is 3.65. The van der Waals surface area contributed by atoms with E-state index in [1.165, 1.54) is 31.3 Å². The Bertz CT molecular complexity index is 597. The highest BCUT2D eigenvalue weighted by atomic mass is 32.2. The Kier molecular flexibility index (Phi) is 4.88. The zero-order valence-corrected chi connectivity index (χ0v) is 14.1. The summed E-state index contributed by atoms with van der Waals surface area (Å²) in [7, 11) is -1.15. The predicted octanol–water partition coefficient (Wildman–Crippen LogP) is 2.40. The Morgan fingerprint density at radius 3 is 2.86 bits per heavy atom. The van der Waals surface area contributed by atoms with Gasteiger partial charge in [0.05, 0.1) is 17.4 Å². The van der Waals surface area contributed by atoms with E-state index in [-0.39, 0.29) is 0 Å². The van der Waals surface area contributed by atoms with Crippen LogP contribution in [0.4, 0.5) is 5.82 Å². The monoisotopic (exact) mass is 321 g/mol. The highest BCUT2D eigenvalue weighted by molar-refractivity contribution is 7.84. The van der Waals surface area contributed by atoms with Crippen molar-refractivity contribution in [1.82, 2.24) is 9.97 Å². The Labute approximate surface area is 134 Å². The van der Waals surface area contributed by atoms with Crippen LogP contribution in [0.15, 0.2) is 16.9 Å². The summed E-state index contributed by atoms with van der Waals surface area (Å²) < 4.78 is 17.3. The van der Waals surface area contributed by atoms with E-state index >= 15 is 0 Å². The second-order valence-corrected chi connectivity index (χ2v) is 7.16. The molecule has 2 heterocycles. The summed E-state index contributed by atoms with van der Waals surface area (Å²) in [4.78, 5) is 11.2. The molecule has 6 heteroatoms. The molecule has 22 heavy (non-hydrogen) atoms. The van der Waals surface area contributed by atoms with Gasteiger partial charge in [0.15, 0.2) is 0 Å². The first-order valence-corrected chi connectivity index (χ1v) is 9.49. The molecule has 1 saturated carbocycles. The average Bonchev–Trinajstić information content (AvgIpc) is 3.05. The lowest BCUT2D eigenvalue weighted by Crippen LogP contribution is -2.38. The van der Waals surface area contributed by atoms with Crippen LogP contribution < -0.4 is 4.90 Å². The van der Waals surface area contributed by atoms with Crippen molar-refractivity contribution in [3.8, 4) is 0 Å². The highest BCUT2D eigenvalue weighted by Crippen LogP contribution is 2.34. The normalized spacial score (nSPS) is 19.9. The zero-order valence-electron chi connectivity index (χ0n) is 13.2. The van der Waals surface area contributed by atoms with E-state index in [1.54, 1.807) is 12.5 Å². The zero-order chi connectivity index (χ0) is 15.5. The molecule has 1 aliphatic carbocycles. The topological polar surface area (TPSA) is 55.3 Å². The van der Waals surface area contributed by atoms with E-state index in [4.69, 9.17) is 4.74 Å². The molecule has 2 aliphatic rings. The van der Waals surface area contributed by atoms with Crippen molar-refractivity contribution in [3.63, 3.8) is 0 Å². The van der Waals surface area contributed by atoms with Gasteiger partial charge in [-0.3, -0.25) is 4.21 Å². The minimum Gasteiger partial charge on any atom is -0.377 e. The van der Waals surface area contributed by atoms with E-state index in [1.807, 2.05) is 6.92 Å². The van der Waals surface area contributed by atoms with Gasteiger partial charge in [-0.2, -0.15) is 0 Å². The summed E-state index contributed by atoms with van der Waals surface area (Å²) in [5, 5.41) is 0.420. The molecule has 1 aromatic heterocycles. The number of aromatic nitrogens is 2. The van der Waals surface area contributed by atoms with Crippen molar-refractivity contribution in [2.24, 2.45) is 0 Å². The van der Waals surface area contributed by atoms with Gasteiger partial charge in [-0.15, -0.1) is 0 Å². The molecular formula is C16H23N3O2S. The van der Waals surface area contributed by atoms with Gasteiger partial charge in [0.2, 0.25) is 5.16 Å². The number of fused-ring (bicyclic) bond motifs is 1. The summed E-state index contributed by atoms with van der Waals surface area (Å²) in [6, 6.07) is 0.525. The number of hydrogen-bond donors (Lipinski definition) is 0. The quantitative estimate of drug-likeness (QED) is 0.780. The molecular weight excluding hydrogens is 298 g/mol. The van der Waals surface area contributed by atoms with Gasteiger partial charge in [0.25, 0.3) is 0 Å². The van der Waals surface area contributed by atoms with Crippen molar-refractivity contribution in [3.05, 3.63) is 17.3 Å². The third-order valence-corrected chi connectivity index (χ3v) is 5.00. The number of ether oxygens (including phenoxy) is 1. The minimum absolute atomic E-state index is 0.420. The van der Waals surface area contributed by atoms with E-state index in [0.717, 1.165) is 24.5 Å². The van der Waals surface area contributed by atoms with Crippen LogP contribution in [0.1, 0.15) is 38.2 Å². The van der Waals surface area contributed by atoms with Crippen LogP contribution in [0, 0.1) is 0 Å². The maximum atomic E-state index is 11.7. The Morgan fingerprint density at radius 2 is 2.18 bits per heavy atom. The molecule has 120 valence electrons. The SMILES string of the molecule is CCOCC1=Cc2cnc(S(C)=O)nc2N(C2CCCC2)C1. The van der Waals surface area contributed by atoms with Gasteiger partial charge < -0.3 is 9.64 Å². The van der Waals surface area contributed by atoms with Crippen LogP contribution in [0.3, 0.4) is 0 Å². The second kappa shape index (κ2) is 6.87. The lowest BCUT2D eigenvalue weighted by Gasteiger charge is -2.35. The minimum atomic E-state index is -1.15. The predicted molar refractivity (Wildman–Crippen MR) is 88.4 cm³/mol. The van der Waals surface area contributed by atoms with Crippen LogP contribution in [0.5, 0.6) is 0 Å². The number of nitrogens with zero attached hydrogens (tertiary/aromatic N) is 3. The number of anilines is 1. The van der Waals surface area contributed by atoms with Crippen LogP contribution in [0.25, 0.3) is 6.08 Å². The Balaban J connectivity index is 1.95. The average molecular weight is 321 g/mol. The van der Waals surface area contributed by atoms with Crippen molar-refractivity contribution >= 4 is 22.7 Å². The molecule has 0 amide bonds. The van der Waals surface area contributed by atoms with E-state index in [2.05, 4.69) is 20.9 Å². The molecule has 0 saturated heterocycles. The van der Waals surface area contributed by atoms with Crippen LogP contribution in [0.2, 0.25) is 0 Å². The van der Waals surface area contributed by atoms with Crippen molar-refractivity contribution in [2.45, 2.75) is 43.8 Å². The van der Waals surface area contributed by atoms with Gasteiger partial charge in [0, 0.05) is 37.2 Å². The summed E-state index contributed by atoms with van der Waals surface area (Å²) in [6.07, 6.45) is 10.5. The summed E-state index contributed by atoms with van der Waals surface area (Å²) in [5.41, 5.74) is 2.28. The maximum Gasteiger partial charge on any atom is 0.220 e. The molecule has 1 atom stereocenters. The molecule has 1 aliphatic heterocycles. The van der Waals surface area contributed by atoms with Gasteiger partial charge in [0.1, 0.15) is 5.82 Å². The van der Waals surface area contributed by atoms with Crippen LogP contribution in [-0.4, -0.2) is 46.2 Å². The smallest absolute Gasteiger partial charge is 0.220 e. The third kappa shape index (κ3) is 3.22. The van der Waals surface area contributed by atoms with Gasteiger partial charge in [-0.05, 0) is 31.4 Å². The standard InChI is InChI=1S/C16H23N3O2S/c1-3-21-11-12-8-13-9-17-16(22(2)20)18-15(13)19(10-12)14-6-4-5-7-14/h8-9,14H,3-7,10-11H2,1-2H3. The number of rotatable bonds is 5. The Morgan fingerprint density at radius 1 is 1.41 bits per heavy atom. The van der Waals surface area contributed by atoms with Crippen molar-refractivity contribution < 1.29 is 8.95 Å². The van der Waals surface area contributed by atoms with Crippen LogP contribution >= 0.6 is 0 Å². The molecule has 0 bridgehead atoms.